The quantitative estimate of drug-likeness (QED) is 0.407. The Morgan fingerprint density at radius 1 is 1.10 bits per heavy atom. The lowest BCUT2D eigenvalue weighted by Crippen LogP contribution is -2.60. The molecule has 9 nitrogen and oxygen atoms in total. The van der Waals surface area contributed by atoms with E-state index in [2.05, 4.69) is 5.32 Å². The Bertz CT molecular complexity index is 891. The molecule has 168 valence electrons. The SMILES string of the molecule is COc1ccc(CNC(=O)c2cc(Cl)ccc2O[C@@H]2O[C@H](CO)[C@@H](O)[C@H](O)[C@H]2O)cc1. The van der Waals surface area contributed by atoms with Gasteiger partial charge in [0.15, 0.2) is 0 Å². The largest absolute Gasteiger partial charge is 0.497 e. The van der Waals surface area contributed by atoms with Crippen molar-refractivity contribution in [3.05, 3.63) is 58.6 Å². The highest BCUT2D eigenvalue weighted by Gasteiger charge is 2.45. The third-order valence-corrected chi connectivity index (χ3v) is 5.13. The standard InChI is InChI=1S/C21H24ClNO8/c1-29-13-5-2-11(3-6-13)9-23-20(28)14-8-12(22)4-7-15(14)30-21-19(27)18(26)17(25)16(10-24)31-21/h2-8,16-19,21,24-27H,9-10H2,1H3,(H,23,28)/t16-,17-,18+,19-,21-/m1/s1. The summed E-state index contributed by atoms with van der Waals surface area (Å²) in [6, 6.07) is 11.5. The van der Waals surface area contributed by atoms with Crippen LogP contribution in [0, 0.1) is 0 Å². The molecule has 2 aromatic carbocycles. The van der Waals surface area contributed by atoms with Crippen LogP contribution in [-0.2, 0) is 11.3 Å². The molecule has 0 bridgehead atoms. The average molecular weight is 454 g/mol. The minimum atomic E-state index is -1.61. The first kappa shape index (κ1) is 23.3. The molecule has 0 aliphatic carbocycles. The van der Waals surface area contributed by atoms with Gasteiger partial charge in [0.25, 0.3) is 5.91 Å². The zero-order chi connectivity index (χ0) is 22.5. The van der Waals surface area contributed by atoms with Crippen molar-refractivity contribution in [3.63, 3.8) is 0 Å². The average Bonchev–Trinajstić information content (AvgIpc) is 2.79. The topological polar surface area (TPSA) is 138 Å². The first-order chi connectivity index (χ1) is 14.8. The molecule has 31 heavy (non-hydrogen) atoms. The monoisotopic (exact) mass is 453 g/mol. The van der Waals surface area contributed by atoms with Crippen LogP contribution in [0.4, 0.5) is 0 Å². The summed E-state index contributed by atoms with van der Waals surface area (Å²) in [7, 11) is 1.56. The van der Waals surface area contributed by atoms with Crippen molar-refractivity contribution < 1.29 is 39.4 Å². The molecule has 1 aliphatic rings. The third-order valence-electron chi connectivity index (χ3n) is 4.89. The van der Waals surface area contributed by atoms with E-state index in [0.29, 0.717) is 5.75 Å². The molecule has 3 rings (SSSR count). The molecule has 1 heterocycles. The number of hydrogen-bond donors (Lipinski definition) is 5. The summed E-state index contributed by atoms with van der Waals surface area (Å²) in [5.41, 5.74) is 0.922. The van der Waals surface area contributed by atoms with Crippen LogP contribution in [0.25, 0.3) is 0 Å². The van der Waals surface area contributed by atoms with E-state index in [1.54, 1.807) is 19.2 Å². The highest BCUT2D eigenvalue weighted by Crippen LogP contribution is 2.28. The predicted molar refractivity (Wildman–Crippen MR) is 110 cm³/mol. The summed E-state index contributed by atoms with van der Waals surface area (Å²) < 4.78 is 16.1. The van der Waals surface area contributed by atoms with Crippen LogP contribution in [0.1, 0.15) is 15.9 Å². The second-order valence-electron chi connectivity index (χ2n) is 6.99. The number of aliphatic hydroxyl groups is 4. The number of ether oxygens (including phenoxy) is 3. The molecular weight excluding hydrogens is 430 g/mol. The van der Waals surface area contributed by atoms with Crippen molar-refractivity contribution in [2.75, 3.05) is 13.7 Å². The second kappa shape index (κ2) is 10.3. The molecule has 1 aliphatic heterocycles. The van der Waals surface area contributed by atoms with Crippen molar-refractivity contribution in [3.8, 4) is 11.5 Å². The Morgan fingerprint density at radius 3 is 2.45 bits per heavy atom. The van der Waals surface area contributed by atoms with Crippen LogP contribution in [0.15, 0.2) is 42.5 Å². The normalized spacial score (nSPS) is 25.7. The number of rotatable bonds is 7. The van der Waals surface area contributed by atoms with Gasteiger partial charge in [-0.3, -0.25) is 4.79 Å². The lowest BCUT2D eigenvalue weighted by Gasteiger charge is -2.39. The fraction of sp³-hybridized carbons (Fsp3) is 0.381. The van der Waals surface area contributed by atoms with Gasteiger partial charge in [-0.05, 0) is 35.9 Å². The molecule has 2 aromatic rings. The van der Waals surface area contributed by atoms with Gasteiger partial charge in [-0.15, -0.1) is 0 Å². The summed E-state index contributed by atoms with van der Waals surface area (Å²) in [6.07, 6.45) is -7.29. The fourth-order valence-electron chi connectivity index (χ4n) is 3.09. The molecule has 0 aromatic heterocycles. The number of hydrogen-bond acceptors (Lipinski definition) is 8. The van der Waals surface area contributed by atoms with Gasteiger partial charge < -0.3 is 40.0 Å². The summed E-state index contributed by atoms with van der Waals surface area (Å²) >= 11 is 6.03. The number of aliphatic hydroxyl groups excluding tert-OH is 4. The first-order valence-corrected chi connectivity index (χ1v) is 9.89. The number of amides is 1. The van der Waals surface area contributed by atoms with E-state index >= 15 is 0 Å². The van der Waals surface area contributed by atoms with Gasteiger partial charge in [0, 0.05) is 11.6 Å². The van der Waals surface area contributed by atoms with Crippen LogP contribution in [-0.4, -0.2) is 70.8 Å². The Hall–Kier alpha value is -2.40. The minimum absolute atomic E-state index is 0.0426. The van der Waals surface area contributed by atoms with Gasteiger partial charge in [0.05, 0.1) is 19.3 Å². The number of carbonyl (C=O) groups is 1. The van der Waals surface area contributed by atoms with E-state index in [-0.39, 0.29) is 22.9 Å². The van der Waals surface area contributed by atoms with E-state index in [1.807, 2.05) is 12.1 Å². The summed E-state index contributed by atoms with van der Waals surface area (Å²) in [5, 5.41) is 42.4. The first-order valence-electron chi connectivity index (χ1n) is 9.52. The maximum absolute atomic E-state index is 12.8. The van der Waals surface area contributed by atoms with Crippen LogP contribution in [0.5, 0.6) is 11.5 Å². The molecule has 5 N–H and O–H groups in total. The van der Waals surface area contributed by atoms with Crippen molar-refractivity contribution in [2.24, 2.45) is 0 Å². The zero-order valence-electron chi connectivity index (χ0n) is 16.6. The van der Waals surface area contributed by atoms with Gasteiger partial charge >= 0.3 is 0 Å². The number of carbonyl (C=O) groups excluding carboxylic acids is 1. The fourth-order valence-corrected chi connectivity index (χ4v) is 3.27. The van der Waals surface area contributed by atoms with Gasteiger partial charge in [-0.1, -0.05) is 23.7 Å². The molecule has 0 unspecified atom stereocenters. The van der Waals surface area contributed by atoms with Crippen molar-refractivity contribution >= 4 is 17.5 Å². The lowest BCUT2D eigenvalue weighted by molar-refractivity contribution is -0.277. The lowest BCUT2D eigenvalue weighted by atomic mass is 9.99. The van der Waals surface area contributed by atoms with Crippen LogP contribution >= 0.6 is 11.6 Å². The molecule has 1 fully saturated rings. The number of nitrogens with one attached hydrogen (secondary N) is 1. The number of halogens is 1. The zero-order valence-corrected chi connectivity index (χ0v) is 17.4. The smallest absolute Gasteiger partial charge is 0.255 e. The van der Waals surface area contributed by atoms with Crippen LogP contribution < -0.4 is 14.8 Å². The van der Waals surface area contributed by atoms with E-state index in [4.69, 9.17) is 25.8 Å². The minimum Gasteiger partial charge on any atom is -0.497 e. The van der Waals surface area contributed by atoms with E-state index < -0.39 is 43.2 Å². The Balaban J connectivity index is 1.74. The predicted octanol–water partition coefficient (Wildman–Crippen LogP) is 0.457. The van der Waals surface area contributed by atoms with Gasteiger partial charge in [0.2, 0.25) is 6.29 Å². The van der Waals surface area contributed by atoms with E-state index in [1.165, 1.54) is 18.2 Å². The maximum atomic E-state index is 12.8. The summed E-state index contributed by atoms with van der Waals surface area (Å²) in [6.45, 7) is -0.366. The Morgan fingerprint density at radius 2 is 1.81 bits per heavy atom. The van der Waals surface area contributed by atoms with Gasteiger partial charge in [-0.2, -0.15) is 0 Å². The third kappa shape index (κ3) is 5.45. The number of benzene rings is 2. The summed E-state index contributed by atoms with van der Waals surface area (Å²) in [4.78, 5) is 12.8. The van der Waals surface area contributed by atoms with E-state index in [0.717, 1.165) is 5.56 Å². The maximum Gasteiger partial charge on any atom is 0.255 e. The highest BCUT2D eigenvalue weighted by atomic mass is 35.5. The summed E-state index contributed by atoms with van der Waals surface area (Å²) in [5.74, 6) is 0.249. The molecule has 1 saturated heterocycles. The molecule has 0 spiro atoms. The second-order valence-corrected chi connectivity index (χ2v) is 7.42. The molecule has 0 saturated carbocycles. The highest BCUT2D eigenvalue weighted by molar-refractivity contribution is 6.31. The molecule has 10 heteroatoms. The van der Waals surface area contributed by atoms with Gasteiger partial charge in [-0.25, -0.2) is 0 Å². The van der Waals surface area contributed by atoms with Crippen molar-refractivity contribution in [1.82, 2.24) is 5.32 Å². The Labute approximate surface area is 183 Å². The van der Waals surface area contributed by atoms with Crippen LogP contribution in [0.2, 0.25) is 5.02 Å². The molecule has 1 amide bonds. The molecule has 0 radical (unpaired) electrons. The molecule has 5 atom stereocenters. The van der Waals surface area contributed by atoms with Gasteiger partial charge in [0.1, 0.15) is 35.9 Å². The number of methoxy groups -OCH3 is 1. The van der Waals surface area contributed by atoms with E-state index in [9.17, 15) is 25.2 Å². The van der Waals surface area contributed by atoms with Crippen LogP contribution in [0.3, 0.4) is 0 Å². The van der Waals surface area contributed by atoms with Crippen molar-refractivity contribution in [1.29, 1.82) is 0 Å². The molecular formula is C21H24ClNO8. The Kier molecular flexibility index (Phi) is 7.71. The van der Waals surface area contributed by atoms with Crippen molar-refractivity contribution in [2.45, 2.75) is 37.3 Å².